The first kappa shape index (κ1) is 22.8. The van der Waals surface area contributed by atoms with E-state index in [9.17, 15) is 9.18 Å². The molecular formula is C23H26FN5O4. The van der Waals surface area contributed by atoms with Gasteiger partial charge in [0.05, 0.1) is 37.4 Å². The fourth-order valence-electron chi connectivity index (χ4n) is 3.45. The van der Waals surface area contributed by atoms with E-state index in [4.69, 9.17) is 19.2 Å². The Labute approximate surface area is 190 Å². The normalized spacial score (nSPS) is 20.6. The lowest BCUT2D eigenvalue weighted by Crippen LogP contribution is -2.54. The summed E-state index contributed by atoms with van der Waals surface area (Å²) < 4.78 is 30.7. The van der Waals surface area contributed by atoms with Crippen LogP contribution in [0.4, 0.5) is 4.39 Å². The number of benzene rings is 1. The number of halogens is 1. The van der Waals surface area contributed by atoms with E-state index in [0.717, 1.165) is 0 Å². The van der Waals surface area contributed by atoms with Gasteiger partial charge in [-0.2, -0.15) is 4.98 Å². The third-order valence-corrected chi connectivity index (χ3v) is 5.07. The molecule has 3 aromatic rings. The van der Waals surface area contributed by atoms with Crippen LogP contribution in [0.15, 0.2) is 36.5 Å². The maximum atomic E-state index is 13.6. The molecule has 4 rings (SSSR count). The lowest BCUT2D eigenvalue weighted by Gasteiger charge is -2.36. The number of hydrogen-bond donors (Lipinski definition) is 2. The first-order valence-electron chi connectivity index (χ1n) is 10.6. The minimum absolute atomic E-state index is 0.113. The number of nitrogens with one attached hydrogen (secondary N) is 2. The van der Waals surface area contributed by atoms with Gasteiger partial charge in [0.2, 0.25) is 0 Å². The quantitative estimate of drug-likeness (QED) is 0.588. The molecule has 1 amide bonds. The molecule has 33 heavy (non-hydrogen) atoms. The number of nitrogens with zero attached hydrogens (tertiary/aromatic N) is 3. The number of aromatic amines is 1. The van der Waals surface area contributed by atoms with E-state index >= 15 is 0 Å². The summed E-state index contributed by atoms with van der Waals surface area (Å²) in [6.45, 7) is 6.29. The molecule has 10 heteroatoms. The summed E-state index contributed by atoms with van der Waals surface area (Å²) in [4.78, 5) is 29.6. The van der Waals surface area contributed by atoms with E-state index in [0.29, 0.717) is 35.9 Å². The Bertz CT molecular complexity index is 1120. The Kier molecular flexibility index (Phi) is 6.39. The third-order valence-electron chi connectivity index (χ3n) is 5.07. The van der Waals surface area contributed by atoms with Crippen LogP contribution in [-0.2, 0) is 20.1 Å². The highest BCUT2D eigenvalue weighted by atomic mass is 19.1. The van der Waals surface area contributed by atoms with Crippen LogP contribution in [-0.4, -0.2) is 52.2 Å². The smallest absolute Gasteiger partial charge is 0.316 e. The Morgan fingerprint density at radius 2 is 1.91 bits per heavy atom. The van der Waals surface area contributed by atoms with E-state index in [-0.39, 0.29) is 29.6 Å². The standard InChI is InChI=1S/C23H26FN5O4/c1-13(2)26-21(30)23(32-11-14(3)12-33-23)20-28-18(15-5-7-16(24)8-6-15)19(29-20)17-9-10-25-22(27-17)31-4/h5-10,13-14H,11-12H2,1-4H3,(H,26,30)(H,28,29). The van der Waals surface area contributed by atoms with Gasteiger partial charge in [0, 0.05) is 23.7 Å². The lowest BCUT2D eigenvalue weighted by atomic mass is 10.1. The fraction of sp³-hybridized carbons (Fsp3) is 0.391. The van der Waals surface area contributed by atoms with Crippen LogP contribution in [0.2, 0.25) is 0 Å². The van der Waals surface area contributed by atoms with Crippen LogP contribution < -0.4 is 10.1 Å². The van der Waals surface area contributed by atoms with Gasteiger partial charge in [-0.25, -0.2) is 14.4 Å². The van der Waals surface area contributed by atoms with Gasteiger partial charge in [-0.05, 0) is 44.2 Å². The van der Waals surface area contributed by atoms with E-state index < -0.39 is 11.7 Å². The van der Waals surface area contributed by atoms with Gasteiger partial charge < -0.3 is 24.5 Å². The van der Waals surface area contributed by atoms with E-state index in [1.165, 1.54) is 19.2 Å². The average molecular weight is 455 g/mol. The van der Waals surface area contributed by atoms with Crippen LogP contribution >= 0.6 is 0 Å². The largest absolute Gasteiger partial charge is 0.467 e. The molecule has 1 aliphatic rings. The molecule has 0 aliphatic carbocycles. The second-order valence-electron chi connectivity index (χ2n) is 8.22. The molecule has 1 saturated heterocycles. The predicted molar refractivity (Wildman–Crippen MR) is 118 cm³/mol. The monoisotopic (exact) mass is 455 g/mol. The van der Waals surface area contributed by atoms with Crippen molar-refractivity contribution < 1.29 is 23.4 Å². The summed E-state index contributed by atoms with van der Waals surface area (Å²) >= 11 is 0. The first-order valence-corrected chi connectivity index (χ1v) is 10.6. The molecule has 0 radical (unpaired) electrons. The minimum Gasteiger partial charge on any atom is -0.467 e. The number of aromatic nitrogens is 4. The van der Waals surface area contributed by atoms with Gasteiger partial charge >= 0.3 is 11.8 Å². The molecule has 0 atom stereocenters. The van der Waals surface area contributed by atoms with Crippen molar-refractivity contribution >= 4 is 5.91 Å². The van der Waals surface area contributed by atoms with Crippen molar-refractivity contribution in [1.82, 2.24) is 25.3 Å². The maximum Gasteiger partial charge on any atom is 0.316 e. The Balaban J connectivity index is 1.88. The van der Waals surface area contributed by atoms with E-state index in [1.54, 1.807) is 24.4 Å². The number of hydrogen-bond acceptors (Lipinski definition) is 7. The zero-order valence-electron chi connectivity index (χ0n) is 18.9. The molecule has 1 aliphatic heterocycles. The van der Waals surface area contributed by atoms with Crippen molar-refractivity contribution in [3.63, 3.8) is 0 Å². The number of amides is 1. The SMILES string of the molecule is COc1nccc(-c2[nH]c(C3(C(=O)NC(C)C)OCC(C)CO3)nc2-c2ccc(F)cc2)n1. The summed E-state index contributed by atoms with van der Waals surface area (Å²) in [6.07, 6.45) is 1.55. The highest BCUT2D eigenvalue weighted by Crippen LogP contribution is 2.37. The Hall–Kier alpha value is -3.37. The predicted octanol–water partition coefficient (Wildman–Crippen LogP) is 3.04. The molecule has 2 aromatic heterocycles. The van der Waals surface area contributed by atoms with E-state index in [1.807, 2.05) is 20.8 Å². The Morgan fingerprint density at radius 3 is 2.55 bits per heavy atom. The number of carbonyl (C=O) groups is 1. The number of ether oxygens (including phenoxy) is 3. The van der Waals surface area contributed by atoms with Gasteiger partial charge in [-0.15, -0.1) is 0 Å². The second kappa shape index (κ2) is 9.24. The average Bonchev–Trinajstić information content (AvgIpc) is 3.26. The lowest BCUT2D eigenvalue weighted by molar-refractivity contribution is -0.278. The maximum absolute atomic E-state index is 13.6. The number of rotatable bonds is 6. The van der Waals surface area contributed by atoms with Gasteiger partial charge in [-0.3, -0.25) is 4.79 Å². The molecule has 1 fully saturated rings. The van der Waals surface area contributed by atoms with Crippen LogP contribution in [0.25, 0.3) is 22.6 Å². The third kappa shape index (κ3) is 4.57. The number of carbonyl (C=O) groups excluding carboxylic acids is 1. The molecule has 0 unspecified atom stereocenters. The molecule has 0 saturated carbocycles. The second-order valence-corrected chi connectivity index (χ2v) is 8.22. The van der Waals surface area contributed by atoms with Crippen LogP contribution in [0.3, 0.4) is 0 Å². The summed E-state index contributed by atoms with van der Waals surface area (Å²) in [5.41, 5.74) is 2.03. The van der Waals surface area contributed by atoms with E-state index in [2.05, 4.69) is 20.3 Å². The number of H-pyrrole nitrogens is 1. The van der Waals surface area contributed by atoms with Crippen molar-refractivity contribution in [1.29, 1.82) is 0 Å². The molecule has 0 bridgehead atoms. The topological polar surface area (TPSA) is 111 Å². The molecule has 2 N–H and O–H groups in total. The summed E-state index contributed by atoms with van der Waals surface area (Å²) in [5, 5.41) is 2.86. The fourth-order valence-corrected chi connectivity index (χ4v) is 3.45. The molecule has 1 aromatic carbocycles. The van der Waals surface area contributed by atoms with Crippen LogP contribution in [0.1, 0.15) is 26.6 Å². The number of imidazole rings is 1. The zero-order valence-corrected chi connectivity index (χ0v) is 18.9. The summed E-state index contributed by atoms with van der Waals surface area (Å²) in [6, 6.07) is 7.58. The van der Waals surface area contributed by atoms with Crippen molar-refractivity contribution in [2.75, 3.05) is 20.3 Å². The molecular weight excluding hydrogens is 429 g/mol. The van der Waals surface area contributed by atoms with Crippen molar-refractivity contribution in [2.24, 2.45) is 5.92 Å². The summed E-state index contributed by atoms with van der Waals surface area (Å²) in [7, 11) is 1.47. The van der Waals surface area contributed by atoms with Gasteiger partial charge in [-0.1, -0.05) is 6.92 Å². The van der Waals surface area contributed by atoms with Gasteiger partial charge in [0.15, 0.2) is 5.82 Å². The van der Waals surface area contributed by atoms with Crippen molar-refractivity contribution in [3.8, 4) is 28.7 Å². The molecule has 174 valence electrons. The highest BCUT2D eigenvalue weighted by molar-refractivity contribution is 5.86. The van der Waals surface area contributed by atoms with Crippen molar-refractivity contribution in [2.45, 2.75) is 32.6 Å². The van der Waals surface area contributed by atoms with Crippen LogP contribution in [0, 0.1) is 11.7 Å². The summed E-state index contributed by atoms with van der Waals surface area (Å²) in [5.74, 6) is -2.32. The highest BCUT2D eigenvalue weighted by Gasteiger charge is 2.49. The van der Waals surface area contributed by atoms with Crippen LogP contribution in [0.5, 0.6) is 6.01 Å². The van der Waals surface area contributed by atoms with Crippen molar-refractivity contribution in [3.05, 3.63) is 48.2 Å². The Morgan fingerprint density at radius 1 is 1.21 bits per heavy atom. The first-order chi connectivity index (χ1) is 15.8. The minimum atomic E-state index is -1.76. The van der Waals surface area contributed by atoms with Gasteiger partial charge in [0.1, 0.15) is 5.82 Å². The zero-order chi connectivity index (χ0) is 23.6. The molecule has 3 heterocycles. The van der Waals surface area contributed by atoms with Gasteiger partial charge in [0.25, 0.3) is 5.91 Å². The molecule has 9 nitrogen and oxygen atoms in total. The molecule has 0 spiro atoms. The number of methoxy groups -OCH3 is 1.